The molecule has 26 heteroatoms. The van der Waals surface area contributed by atoms with Crippen LogP contribution in [0.25, 0.3) is 10.8 Å². The summed E-state index contributed by atoms with van der Waals surface area (Å²) in [6, 6.07) is 4.20. The van der Waals surface area contributed by atoms with Crippen LogP contribution in [0.4, 0.5) is 0 Å². The molecule has 0 radical (unpaired) electrons. The Bertz CT molecular complexity index is 2620. The number of carbonyl (C=O) groups excluding carboxylic acids is 4. The van der Waals surface area contributed by atoms with E-state index in [1.165, 1.54) is 60.1 Å². The number of aromatic hydroxyl groups is 2. The van der Waals surface area contributed by atoms with Gasteiger partial charge < -0.3 is 107 Å². The van der Waals surface area contributed by atoms with E-state index in [9.17, 15) is 55.2 Å². The molecule has 2 aromatic rings. The predicted molar refractivity (Wildman–Crippen MR) is 287 cm³/mol. The maximum Gasteiger partial charge on any atom is 0.308 e. The van der Waals surface area contributed by atoms with Gasteiger partial charge in [-0.2, -0.15) is 0 Å². The number of aliphatic hydroxyl groups excluding tert-OH is 5. The summed E-state index contributed by atoms with van der Waals surface area (Å²) in [4.78, 5) is 53.8. The topological polar surface area (TPSA) is 359 Å². The van der Waals surface area contributed by atoms with Gasteiger partial charge in [0.1, 0.15) is 65.6 Å². The molecule has 0 saturated carbocycles. The first-order valence-electron chi connectivity index (χ1n) is 28.7. The van der Waals surface area contributed by atoms with Crippen LogP contribution in [-0.2, 0) is 82.4 Å². The van der Waals surface area contributed by atoms with Crippen molar-refractivity contribution in [2.24, 2.45) is 11.8 Å². The van der Waals surface area contributed by atoms with Crippen LogP contribution < -0.4 is 4.74 Å². The number of rotatable bonds is 19. The minimum absolute atomic E-state index is 0.0249. The molecular formula is C58H84O26. The third-order valence-electron chi connectivity index (χ3n) is 16.7. The van der Waals surface area contributed by atoms with Gasteiger partial charge in [-0.25, -0.2) is 0 Å². The van der Waals surface area contributed by atoms with Crippen molar-refractivity contribution in [2.45, 2.75) is 255 Å². The lowest BCUT2D eigenvalue weighted by atomic mass is 9.75. The fourth-order valence-electron chi connectivity index (χ4n) is 12.3. The fraction of sp³-hybridized carbons (Fsp3) is 0.759. The molecule has 5 fully saturated rings. The normalized spacial score (nSPS) is 39.5. The molecule has 6 aliphatic rings. The number of carbonyl (C=O) groups is 4. The molecule has 0 unspecified atom stereocenters. The number of aliphatic hydroxyl groups is 6. The molecule has 8 N–H and O–H groups in total. The molecular weight excluding hydrogens is 1110 g/mol. The highest BCUT2D eigenvalue weighted by molar-refractivity contribution is 6.11. The number of Topliss-reactive ketones (excluding diaryl/α,β-unsaturated/α-hetero) is 2. The van der Waals surface area contributed by atoms with Crippen molar-refractivity contribution in [1.29, 1.82) is 0 Å². The molecule has 0 aromatic heterocycles. The molecule has 472 valence electrons. The number of hydrogen-bond acceptors (Lipinski definition) is 26. The van der Waals surface area contributed by atoms with Gasteiger partial charge in [0.15, 0.2) is 48.9 Å². The zero-order chi connectivity index (χ0) is 61.5. The number of ether oxygens (including phenoxy) is 14. The number of hydrogen-bond donors (Lipinski definition) is 8. The second kappa shape index (κ2) is 27.0. The first-order chi connectivity index (χ1) is 39.5. The van der Waals surface area contributed by atoms with Gasteiger partial charge in [0.2, 0.25) is 6.29 Å². The number of methoxy groups -OCH3 is 2. The second-order valence-electron chi connectivity index (χ2n) is 23.7. The Balaban J connectivity index is 1.02. The van der Waals surface area contributed by atoms with Gasteiger partial charge in [0, 0.05) is 65.2 Å². The maximum atomic E-state index is 15.1. The van der Waals surface area contributed by atoms with E-state index >= 15 is 4.79 Å². The van der Waals surface area contributed by atoms with Crippen molar-refractivity contribution in [1.82, 2.24) is 0 Å². The van der Waals surface area contributed by atoms with Gasteiger partial charge in [0.25, 0.3) is 0 Å². The molecule has 1 aliphatic carbocycles. The van der Waals surface area contributed by atoms with Crippen molar-refractivity contribution in [3.05, 3.63) is 29.3 Å². The van der Waals surface area contributed by atoms with Crippen molar-refractivity contribution in [2.75, 3.05) is 14.2 Å². The van der Waals surface area contributed by atoms with E-state index in [-0.39, 0.29) is 66.2 Å². The Morgan fingerprint density at radius 2 is 1.24 bits per heavy atom. The largest absolute Gasteiger partial charge is 0.507 e. The summed E-state index contributed by atoms with van der Waals surface area (Å²) in [5.74, 6) is -5.78. The monoisotopic (exact) mass is 1200 g/mol. The molecule has 5 saturated heterocycles. The Morgan fingerprint density at radius 1 is 0.690 bits per heavy atom. The molecule has 2 aromatic carbocycles. The van der Waals surface area contributed by atoms with E-state index in [4.69, 9.17) is 66.3 Å². The van der Waals surface area contributed by atoms with Gasteiger partial charge in [0.05, 0.1) is 71.8 Å². The van der Waals surface area contributed by atoms with E-state index in [0.717, 1.165) is 0 Å². The van der Waals surface area contributed by atoms with E-state index in [0.29, 0.717) is 0 Å². The number of ketones is 2. The van der Waals surface area contributed by atoms with Crippen molar-refractivity contribution >= 4 is 34.3 Å². The molecule has 25 atom stereocenters. The summed E-state index contributed by atoms with van der Waals surface area (Å²) >= 11 is 0. The summed E-state index contributed by atoms with van der Waals surface area (Å²) in [6.45, 7) is 15.4. The highest BCUT2D eigenvalue weighted by atomic mass is 16.7. The van der Waals surface area contributed by atoms with E-state index in [1.807, 2.05) is 0 Å². The molecule has 84 heavy (non-hydrogen) atoms. The van der Waals surface area contributed by atoms with E-state index in [1.54, 1.807) is 41.5 Å². The van der Waals surface area contributed by atoms with Crippen molar-refractivity contribution in [3.8, 4) is 17.2 Å². The minimum Gasteiger partial charge on any atom is -0.507 e. The summed E-state index contributed by atoms with van der Waals surface area (Å²) in [5, 5.41) is 89.9. The first-order valence-corrected chi connectivity index (χ1v) is 28.7. The fourth-order valence-corrected chi connectivity index (χ4v) is 12.3. The van der Waals surface area contributed by atoms with Crippen LogP contribution >= 0.6 is 0 Å². The lowest BCUT2D eigenvalue weighted by Gasteiger charge is -2.47. The Labute approximate surface area is 486 Å². The van der Waals surface area contributed by atoms with Gasteiger partial charge in [-0.15, -0.1) is 0 Å². The average molecular weight is 1200 g/mol. The molecule has 5 heterocycles. The number of phenols is 2. The lowest BCUT2D eigenvalue weighted by Crippen LogP contribution is -2.59. The Kier molecular flexibility index (Phi) is 21.1. The average Bonchev–Trinajstić information content (AvgIpc) is 1.16. The predicted octanol–water partition coefficient (Wildman–Crippen LogP) is 1.87. The smallest absolute Gasteiger partial charge is 0.308 e. The molecule has 5 aliphatic heterocycles. The van der Waals surface area contributed by atoms with Crippen LogP contribution in [0.15, 0.2) is 18.2 Å². The zero-order valence-electron chi connectivity index (χ0n) is 49.3. The third kappa shape index (κ3) is 14.3. The quantitative estimate of drug-likeness (QED) is 0.0931. The van der Waals surface area contributed by atoms with Crippen LogP contribution in [0.1, 0.15) is 117 Å². The lowest BCUT2D eigenvalue weighted by molar-refractivity contribution is -0.334. The van der Waals surface area contributed by atoms with Gasteiger partial charge in [-0.1, -0.05) is 13.8 Å². The van der Waals surface area contributed by atoms with Crippen LogP contribution in [0.5, 0.6) is 17.2 Å². The van der Waals surface area contributed by atoms with Crippen LogP contribution in [0.3, 0.4) is 0 Å². The molecule has 26 nitrogen and oxygen atoms in total. The standard InChI is InChI=1S/C58H84O26/c1-22(2)57(69)84-56-28(8)77-43(21-58(56,10)70)81-37-18-41(73-24(4)48(37)65)80-36-19-42(74-25(5)47(36)64)83-55-33(54(72-12)51(68)46(63)23(3)59)15-31-13-30-14-32(16-34(61)44(30)49(66)45(31)50(55)67)79-40-20-38(53(27(7)76-40)78-29(9)60)82-39-17-35(62)52(71-11)26(6)75-39/h13-14,16,22-28,33,35-43,46-48,52-56,59,61-66,70H,15,17-21H2,1-12H3/t23-,24-,25-,26-,27-,28+,33+,35-,36-,37-,38-,39-,40+,41+,42-,43+,46+,47-,48-,52+,53+,54+,55+,56+,58+/m1/s1. The first kappa shape index (κ1) is 65.7. The van der Waals surface area contributed by atoms with Gasteiger partial charge in [-0.3, -0.25) is 19.2 Å². The summed E-state index contributed by atoms with van der Waals surface area (Å²) in [6.07, 6.45) is -25.9. The molecule has 0 amide bonds. The SMILES string of the molecule is CO[C@@H]1[C@H](O)C[C@@H](O[C@@H]2C[C@H](Oc3cc(O)c4c(O)c5c(cc4c3)C[C@@H]([C@H](OC)C(=O)[C@@H](O)[C@@H](C)O)[C@H](O[C@@H]3C[C@@H](O[C@H]4C[C@@H](O[C@H]6C[C@](C)(O)[C@@H](OC(=O)C(C)C)[C@H](C)O6)[C@H](O)[C@@H](C)O4)[C@H](O)[C@@H](C)O3)C5=O)O[C@H](C)[C@@H]2OC(C)=O)O[C@@H]1C. The molecule has 0 spiro atoms. The number of esters is 2. The van der Waals surface area contributed by atoms with Crippen molar-refractivity contribution < 1.29 is 126 Å². The highest BCUT2D eigenvalue weighted by Gasteiger charge is 2.53. The summed E-state index contributed by atoms with van der Waals surface area (Å²) in [5.41, 5.74) is -1.66. The van der Waals surface area contributed by atoms with Crippen molar-refractivity contribution in [3.63, 3.8) is 0 Å². The zero-order valence-corrected chi connectivity index (χ0v) is 49.3. The van der Waals surface area contributed by atoms with E-state index < -0.39 is 194 Å². The molecule has 8 rings (SSSR count). The van der Waals surface area contributed by atoms with Crippen LogP contribution in [0.2, 0.25) is 0 Å². The molecule has 0 bridgehead atoms. The summed E-state index contributed by atoms with van der Waals surface area (Å²) < 4.78 is 84.3. The third-order valence-corrected chi connectivity index (χ3v) is 16.7. The van der Waals surface area contributed by atoms with E-state index in [2.05, 4.69) is 0 Å². The van der Waals surface area contributed by atoms with Crippen LogP contribution in [-0.4, -0.2) is 225 Å². The Morgan fingerprint density at radius 3 is 1.81 bits per heavy atom. The number of phenolic OH excluding ortho intramolecular Hbond substituents is 2. The second-order valence-corrected chi connectivity index (χ2v) is 23.7. The van der Waals surface area contributed by atoms with Crippen LogP contribution in [0, 0.1) is 11.8 Å². The summed E-state index contributed by atoms with van der Waals surface area (Å²) in [7, 11) is 2.64. The minimum atomic E-state index is -1.96. The highest BCUT2D eigenvalue weighted by Crippen LogP contribution is 2.46. The maximum absolute atomic E-state index is 15.1. The number of fused-ring (bicyclic) bond motifs is 2. The van der Waals surface area contributed by atoms with Gasteiger partial charge in [-0.05, 0) is 78.0 Å². The number of benzene rings is 2. The Hall–Kier alpha value is -4.30. The van der Waals surface area contributed by atoms with Gasteiger partial charge >= 0.3 is 11.9 Å².